The van der Waals surface area contributed by atoms with Crippen LogP contribution in [0.5, 0.6) is 0 Å². The third-order valence-corrected chi connectivity index (χ3v) is 3.79. The first kappa shape index (κ1) is 16.6. The highest BCUT2D eigenvalue weighted by Gasteiger charge is 2.29. The molecule has 0 aromatic heterocycles. The van der Waals surface area contributed by atoms with E-state index in [1.54, 1.807) is 0 Å². The predicted molar refractivity (Wildman–Crippen MR) is 77.3 cm³/mol. The molecule has 1 saturated heterocycles. The number of carbonyl (C=O) groups excluding carboxylic acids is 1. The number of nitrogens with one attached hydrogen (secondary N) is 2. The van der Waals surface area contributed by atoms with E-state index in [-0.39, 0.29) is 18.6 Å². The van der Waals surface area contributed by atoms with Crippen molar-refractivity contribution in [2.75, 3.05) is 20.1 Å². The van der Waals surface area contributed by atoms with Crippen LogP contribution < -0.4 is 10.6 Å². The number of hydrogen-bond donors (Lipinski definition) is 2. The number of likely N-dealkylation sites (tertiary alicyclic amines) is 1. The van der Waals surface area contributed by atoms with E-state index >= 15 is 0 Å². The molecule has 122 valence electrons. The summed E-state index contributed by atoms with van der Waals surface area (Å²) in [5, 5.41) is 5.56. The molecule has 0 aliphatic carbocycles. The summed E-state index contributed by atoms with van der Waals surface area (Å²) in [7, 11) is 2.04. The van der Waals surface area contributed by atoms with Gasteiger partial charge < -0.3 is 15.5 Å². The zero-order valence-electron chi connectivity index (χ0n) is 12.4. The van der Waals surface area contributed by atoms with Gasteiger partial charge in [-0.1, -0.05) is 12.1 Å². The number of piperidine rings is 1. The molecule has 4 nitrogen and oxygen atoms in total. The van der Waals surface area contributed by atoms with Gasteiger partial charge in [0.15, 0.2) is 0 Å². The van der Waals surface area contributed by atoms with Crippen molar-refractivity contribution in [3.05, 3.63) is 35.4 Å². The monoisotopic (exact) mass is 315 g/mol. The van der Waals surface area contributed by atoms with E-state index in [4.69, 9.17) is 0 Å². The molecular formula is C15H20F3N3O. The number of urea groups is 1. The minimum atomic E-state index is -4.34. The van der Waals surface area contributed by atoms with Crippen LogP contribution in [0, 0.1) is 0 Å². The van der Waals surface area contributed by atoms with E-state index in [9.17, 15) is 18.0 Å². The summed E-state index contributed by atoms with van der Waals surface area (Å²) in [5.41, 5.74) is -0.0569. The summed E-state index contributed by atoms with van der Waals surface area (Å²) in [5.74, 6) is 0. The maximum Gasteiger partial charge on any atom is 0.416 e. The Labute approximate surface area is 127 Å². The van der Waals surface area contributed by atoms with Crippen LogP contribution in [-0.4, -0.2) is 37.1 Å². The van der Waals surface area contributed by atoms with Crippen LogP contribution in [0.4, 0.5) is 18.0 Å². The van der Waals surface area contributed by atoms with Crippen LogP contribution in [0.25, 0.3) is 0 Å². The molecule has 7 heteroatoms. The van der Waals surface area contributed by atoms with E-state index in [0.717, 1.165) is 38.1 Å². The van der Waals surface area contributed by atoms with Gasteiger partial charge in [-0.2, -0.15) is 13.2 Å². The largest absolute Gasteiger partial charge is 0.416 e. The maximum absolute atomic E-state index is 12.4. The first-order valence-electron chi connectivity index (χ1n) is 7.23. The maximum atomic E-state index is 12.4. The van der Waals surface area contributed by atoms with Crippen molar-refractivity contribution in [2.24, 2.45) is 0 Å². The normalized spacial score (nSPS) is 17.3. The number of amides is 2. The molecule has 0 spiro atoms. The van der Waals surface area contributed by atoms with E-state index in [1.165, 1.54) is 12.1 Å². The van der Waals surface area contributed by atoms with Crippen LogP contribution in [0.15, 0.2) is 24.3 Å². The predicted octanol–water partition coefficient (Wildman–Crippen LogP) is 2.60. The first-order chi connectivity index (χ1) is 10.3. The fraction of sp³-hybridized carbons (Fsp3) is 0.533. The standard InChI is InChI=1S/C15H20F3N3O/c1-21-8-6-13(7-9-21)20-14(22)19-10-11-2-4-12(5-3-11)15(16,17)18/h2-5,13H,6-10H2,1H3,(H2,19,20,22). The van der Waals surface area contributed by atoms with E-state index < -0.39 is 11.7 Å². The van der Waals surface area contributed by atoms with Gasteiger partial charge in [0.05, 0.1) is 5.56 Å². The molecule has 2 amide bonds. The Bertz CT molecular complexity index is 494. The van der Waals surface area contributed by atoms with Crippen LogP contribution in [0.2, 0.25) is 0 Å². The van der Waals surface area contributed by atoms with Crippen LogP contribution >= 0.6 is 0 Å². The van der Waals surface area contributed by atoms with E-state index in [1.807, 2.05) is 7.05 Å². The molecule has 0 bridgehead atoms. The number of alkyl halides is 3. The highest BCUT2D eigenvalue weighted by atomic mass is 19.4. The molecule has 22 heavy (non-hydrogen) atoms. The molecule has 0 atom stereocenters. The molecule has 0 radical (unpaired) electrons. The van der Waals surface area contributed by atoms with Gasteiger partial charge in [-0.3, -0.25) is 0 Å². The van der Waals surface area contributed by atoms with Crippen molar-refractivity contribution in [3.63, 3.8) is 0 Å². The lowest BCUT2D eigenvalue weighted by molar-refractivity contribution is -0.137. The van der Waals surface area contributed by atoms with Crippen molar-refractivity contribution >= 4 is 6.03 Å². The highest BCUT2D eigenvalue weighted by Crippen LogP contribution is 2.29. The van der Waals surface area contributed by atoms with Gasteiger partial charge in [-0.15, -0.1) is 0 Å². The summed E-state index contributed by atoms with van der Waals surface area (Å²) in [4.78, 5) is 14.0. The SMILES string of the molecule is CN1CCC(NC(=O)NCc2ccc(C(F)(F)F)cc2)CC1. The number of halogens is 3. The molecule has 2 rings (SSSR count). The molecule has 1 heterocycles. The molecule has 1 aliphatic rings. The summed E-state index contributed by atoms with van der Waals surface area (Å²) < 4.78 is 37.3. The number of carbonyl (C=O) groups is 1. The Balaban J connectivity index is 1.76. The molecule has 2 N–H and O–H groups in total. The second-order valence-electron chi connectivity index (χ2n) is 5.60. The molecule has 1 aromatic rings. The number of nitrogens with zero attached hydrogens (tertiary/aromatic N) is 1. The molecule has 1 aromatic carbocycles. The lowest BCUT2D eigenvalue weighted by atomic mass is 10.1. The van der Waals surface area contributed by atoms with Crippen molar-refractivity contribution in [1.29, 1.82) is 0 Å². The van der Waals surface area contributed by atoms with Gasteiger partial charge in [0.1, 0.15) is 0 Å². The Kier molecular flexibility index (Phi) is 5.28. The van der Waals surface area contributed by atoms with E-state index in [2.05, 4.69) is 15.5 Å². The molecule has 1 fully saturated rings. The molecule has 0 saturated carbocycles. The third-order valence-electron chi connectivity index (χ3n) is 3.79. The van der Waals surface area contributed by atoms with Gasteiger partial charge >= 0.3 is 12.2 Å². The van der Waals surface area contributed by atoms with Crippen LogP contribution in [0.1, 0.15) is 24.0 Å². The number of benzene rings is 1. The van der Waals surface area contributed by atoms with Crippen molar-refractivity contribution in [3.8, 4) is 0 Å². The zero-order chi connectivity index (χ0) is 16.2. The molecule has 0 unspecified atom stereocenters. The smallest absolute Gasteiger partial charge is 0.335 e. The quantitative estimate of drug-likeness (QED) is 0.900. The summed E-state index contributed by atoms with van der Waals surface area (Å²) in [6.45, 7) is 2.10. The van der Waals surface area contributed by atoms with Crippen molar-refractivity contribution in [1.82, 2.24) is 15.5 Å². The molecule has 1 aliphatic heterocycles. The minimum Gasteiger partial charge on any atom is -0.335 e. The van der Waals surface area contributed by atoms with Gasteiger partial charge in [0.2, 0.25) is 0 Å². The zero-order valence-corrected chi connectivity index (χ0v) is 12.4. The number of rotatable bonds is 3. The first-order valence-corrected chi connectivity index (χ1v) is 7.23. The Morgan fingerprint density at radius 2 is 1.82 bits per heavy atom. The van der Waals surface area contributed by atoms with Gasteiger partial charge in [-0.25, -0.2) is 4.79 Å². The summed E-state index contributed by atoms with van der Waals surface area (Å²) >= 11 is 0. The lowest BCUT2D eigenvalue weighted by Gasteiger charge is -2.29. The fourth-order valence-corrected chi connectivity index (χ4v) is 2.38. The minimum absolute atomic E-state index is 0.156. The fourth-order valence-electron chi connectivity index (χ4n) is 2.38. The average molecular weight is 315 g/mol. The second kappa shape index (κ2) is 7.00. The Morgan fingerprint density at radius 1 is 1.23 bits per heavy atom. The Morgan fingerprint density at radius 3 is 2.36 bits per heavy atom. The topological polar surface area (TPSA) is 44.4 Å². The second-order valence-corrected chi connectivity index (χ2v) is 5.60. The third kappa shape index (κ3) is 4.91. The van der Waals surface area contributed by atoms with Crippen LogP contribution in [-0.2, 0) is 12.7 Å². The molecular weight excluding hydrogens is 295 g/mol. The van der Waals surface area contributed by atoms with E-state index in [0.29, 0.717) is 5.56 Å². The Hall–Kier alpha value is -1.76. The summed E-state index contributed by atoms with van der Waals surface area (Å²) in [6, 6.07) is 4.66. The lowest BCUT2D eigenvalue weighted by Crippen LogP contribution is -2.46. The number of hydrogen-bond acceptors (Lipinski definition) is 2. The van der Waals surface area contributed by atoms with Crippen LogP contribution in [0.3, 0.4) is 0 Å². The van der Waals surface area contributed by atoms with Crippen molar-refractivity contribution < 1.29 is 18.0 Å². The van der Waals surface area contributed by atoms with Crippen molar-refractivity contribution in [2.45, 2.75) is 31.6 Å². The average Bonchev–Trinajstić information content (AvgIpc) is 2.47. The van der Waals surface area contributed by atoms with Gasteiger partial charge in [-0.05, 0) is 50.7 Å². The summed E-state index contributed by atoms with van der Waals surface area (Å²) in [6.07, 6.45) is -2.52. The van der Waals surface area contributed by atoms with Gasteiger partial charge in [0, 0.05) is 12.6 Å². The highest BCUT2D eigenvalue weighted by molar-refractivity contribution is 5.74. The van der Waals surface area contributed by atoms with Gasteiger partial charge in [0.25, 0.3) is 0 Å².